The minimum atomic E-state index is -3.60. The van der Waals surface area contributed by atoms with Crippen molar-refractivity contribution in [1.82, 2.24) is 4.72 Å². The number of carbonyl (C=O) groups is 1. The van der Waals surface area contributed by atoms with Gasteiger partial charge in [-0.25, -0.2) is 13.1 Å². The van der Waals surface area contributed by atoms with E-state index in [1.807, 2.05) is 0 Å². The topological polar surface area (TPSA) is 98.5 Å². The summed E-state index contributed by atoms with van der Waals surface area (Å²) in [7, 11) is -3.60. The number of nitrogens with one attached hydrogen (secondary N) is 1. The van der Waals surface area contributed by atoms with Crippen LogP contribution >= 0.6 is 38.9 Å². The molecule has 0 bridgehead atoms. The van der Waals surface area contributed by atoms with E-state index in [2.05, 4.69) is 20.7 Å². The van der Waals surface area contributed by atoms with E-state index in [-0.39, 0.29) is 24.0 Å². The fraction of sp³-hybridized carbons (Fsp3) is 0.375. The van der Waals surface area contributed by atoms with E-state index >= 15 is 0 Å². The van der Waals surface area contributed by atoms with Crippen LogP contribution in [0.2, 0.25) is 5.02 Å². The number of primary amides is 1. The number of thiophene rings is 1. The number of halogens is 2. The molecular formula is C8H10BrClN2O4S2. The first kappa shape index (κ1) is 15.9. The zero-order valence-corrected chi connectivity index (χ0v) is 13.0. The van der Waals surface area contributed by atoms with Crippen molar-refractivity contribution in [3.8, 4) is 0 Å². The molecule has 0 aliphatic carbocycles. The van der Waals surface area contributed by atoms with Gasteiger partial charge in [-0.15, -0.1) is 11.3 Å². The van der Waals surface area contributed by atoms with E-state index < -0.39 is 15.9 Å². The van der Waals surface area contributed by atoms with Gasteiger partial charge in [-0.3, -0.25) is 4.79 Å². The Labute approximate surface area is 122 Å². The van der Waals surface area contributed by atoms with E-state index in [1.165, 1.54) is 6.07 Å². The molecule has 1 heterocycles. The first-order valence-corrected chi connectivity index (χ1v) is 8.10. The van der Waals surface area contributed by atoms with Crippen molar-refractivity contribution in [3.05, 3.63) is 14.9 Å². The predicted molar refractivity (Wildman–Crippen MR) is 72.2 cm³/mol. The van der Waals surface area contributed by atoms with Crippen molar-refractivity contribution in [2.75, 3.05) is 19.8 Å². The molecule has 1 rings (SSSR count). The quantitative estimate of drug-likeness (QED) is 0.691. The van der Waals surface area contributed by atoms with Gasteiger partial charge in [0, 0.05) is 6.54 Å². The number of carbonyl (C=O) groups excluding carboxylic acids is 1. The van der Waals surface area contributed by atoms with E-state index in [4.69, 9.17) is 22.1 Å². The lowest BCUT2D eigenvalue weighted by Crippen LogP contribution is -2.28. The van der Waals surface area contributed by atoms with E-state index in [1.54, 1.807) is 0 Å². The number of ether oxygens (including phenoxy) is 1. The largest absolute Gasteiger partial charge is 0.370 e. The number of rotatable bonds is 7. The lowest BCUT2D eigenvalue weighted by molar-refractivity contribution is -0.122. The van der Waals surface area contributed by atoms with E-state index in [0.717, 1.165) is 11.3 Å². The molecule has 0 unspecified atom stereocenters. The lowest BCUT2D eigenvalue weighted by Gasteiger charge is -2.04. The van der Waals surface area contributed by atoms with Crippen LogP contribution in [0.1, 0.15) is 0 Å². The summed E-state index contributed by atoms with van der Waals surface area (Å²) in [6, 6.07) is 1.35. The molecule has 3 N–H and O–H groups in total. The SMILES string of the molecule is NC(=O)COCCNS(=O)(=O)c1cc(Cl)c(Br)s1. The summed E-state index contributed by atoms with van der Waals surface area (Å²) in [5.41, 5.74) is 4.85. The number of sulfonamides is 1. The third kappa shape index (κ3) is 4.82. The van der Waals surface area contributed by atoms with Gasteiger partial charge in [-0.1, -0.05) is 11.6 Å². The average molecular weight is 378 g/mol. The highest BCUT2D eigenvalue weighted by Crippen LogP contribution is 2.34. The zero-order chi connectivity index (χ0) is 13.8. The molecule has 18 heavy (non-hydrogen) atoms. The second-order valence-corrected chi connectivity index (χ2v) is 7.87. The summed E-state index contributed by atoms with van der Waals surface area (Å²) < 4.78 is 31.3. The van der Waals surface area contributed by atoms with Gasteiger partial charge in [0.2, 0.25) is 15.9 Å². The van der Waals surface area contributed by atoms with Gasteiger partial charge in [-0.2, -0.15) is 0 Å². The highest BCUT2D eigenvalue weighted by molar-refractivity contribution is 9.11. The maximum absolute atomic E-state index is 11.8. The highest BCUT2D eigenvalue weighted by Gasteiger charge is 2.18. The second-order valence-electron chi connectivity index (χ2n) is 3.10. The molecule has 0 aliphatic rings. The molecule has 0 aromatic carbocycles. The van der Waals surface area contributed by atoms with Gasteiger partial charge in [-0.05, 0) is 22.0 Å². The fourth-order valence-corrected chi connectivity index (χ4v) is 4.41. The van der Waals surface area contributed by atoms with Crippen LogP contribution < -0.4 is 10.5 Å². The average Bonchev–Trinajstić information content (AvgIpc) is 2.59. The minimum absolute atomic E-state index is 0.0444. The van der Waals surface area contributed by atoms with Crippen molar-refractivity contribution in [2.45, 2.75) is 4.21 Å². The van der Waals surface area contributed by atoms with E-state index in [9.17, 15) is 13.2 Å². The molecule has 102 valence electrons. The van der Waals surface area contributed by atoms with Gasteiger partial charge >= 0.3 is 0 Å². The summed E-state index contributed by atoms with van der Waals surface area (Å²) in [5, 5.41) is 0.338. The summed E-state index contributed by atoms with van der Waals surface area (Å²) >= 11 is 9.89. The van der Waals surface area contributed by atoms with Crippen molar-refractivity contribution in [1.29, 1.82) is 0 Å². The Hall–Kier alpha value is -0.190. The first-order valence-electron chi connectivity index (χ1n) is 4.63. The summed E-state index contributed by atoms with van der Waals surface area (Å²) in [6.45, 7) is -0.136. The normalized spacial score (nSPS) is 11.7. The molecule has 0 saturated carbocycles. The Morgan fingerprint density at radius 2 is 2.28 bits per heavy atom. The minimum Gasteiger partial charge on any atom is -0.370 e. The molecule has 0 radical (unpaired) electrons. The number of hydrogen-bond donors (Lipinski definition) is 2. The third-order valence-electron chi connectivity index (χ3n) is 1.67. The molecule has 1 amide bonds. The van der Waals surface area contributed by atoms with Crippen LogP contribution in [0.3, 0.4) is 0 Å². The van der Waals surface area contributed by atoms with Gasteiger partial charge < -0.3 is 10.5 Å². The number of nitrogens with two attached hydrogens (primary N) is 1. The van der Waals surface area contributed by atoms with Crippen LogP contribution in [0.5, 0.6) is 0 Å². The molecule has 1 aromatic rings. The lowest BCUT2D eigenvalue weighted by atomic mass is 10.6. The standard InChI is InChI=1S/C8H10BrClN2O4S2/c9-8-5(10)3-7(17-8)18(14,15)12-1-2-16-4-6(11)13/h3,12H,1-2,4H2,(H2,11,13). The van der Waals surface area contributed by atoms with Gasteiger partial charge in [0.25, 0.3) is 0 Å². The van der Waals surface area contributed by atoms with Crippen LogP contribution in [0.15, 0.2) is 14.1 Å². The maximum atomic E-state index is 11.8. The van der Waals surface area contributed by atoms with Crippen LogP contribution in [0.4, 0.5) is 0 Å². The first-order chi connectivity index (χ1) is 8.33. The maximum Gasteiger partial charge on any atom is 0.250 e. The van der Waals surface area contributed by atoms with Crippen LogP contribution in [0.25, 0.3) is 0 Å². The Kier molecular flexibility index (Phi) is 6.02. The molecule has 6 nitrogen and oxygen atoms in total. The van der Waals surface area contributed by atoms with Crippen molar-refractivity contribution in [3.63, 3.8) is 0 Å². The van der Waals surface area contributed by atoms with Gasteiger partial charge in [0.05, 0.1) is 15.4 Å². The van der Waals surface area contributed by atoms with Gasteiger partial charge in [0.1, 0.15) is 10.8 Å². The van der Waals surface area contributed by atoms with Crippen molar-refractivity contribution in [2.24, 2.45) is 5.73 Å². The van der Waals surface area contributed by atoms with Crippen LogP contribution in [-0.2, 0) is 19.6 Å². The molecule has 10 heteroatoms. The van der Waals surface area contributed by atoms with Crippen LogP contribution in [-0.4, -0.2) is 34.1 Å². The van der Waals surface area contributed by atoms with Gasteiger partial charge in [0.15, 0.2) is 0 Å². The smallest absolute Gasteiger partial charge is 0.250 e. The molecule has 0 fully saturated rings. The molecule has 0 aliphatic heterocycles. The van der Waals surface area contributed by atoms with E-state index in [0.29, 0.717) is 8.81 Å². The number of amides is 1. The fourth-order valence-electron chi connectivity index (χ4n) is 0.951. The summed E-state index contributed by atoms with van der Waals surface area (Å²) in [6.07, 6.45) is 0. The summed E-state index contributed by atoms with van der Waals surface area (Å²) in [5.74, 6) is -0.605. The monoisotopic (exact) mass is 376 g/mol. The van der Waals surface area contributed by atoms with Crippen molar-refractivity contribution < 1.29 is 17.9 Å². The molecule has 0 atom stereocenters. The highest BCUT2D eigenvalue weighted by atomic mass is 79.9. The second kappa shape index (κ2) is 6.83. The van der Waals surface area contributed by atoms with Crippen LogP contribution in [0, 0.1) is 0 Å². The third-order valence-corrected chi connectivity index (χ3v) is 6.08. The Morgan fingerprint density at radius 1 is 1.61 bits per heavy atom. The molecular weight excluding hydrogens is 368 g/mol. The summed E-state index contributed by atoms with van der Waals surface area (Å²) in [4.78, 5) is 10.4. The predicted octanol–water partition coefficient (Wildman–Crippen LogP) is 0.944. The Bertz CT molecular complexity index is 512. The molecule has 1 aromatic heterocycles. The molecule has 0 spiro atoms. The Balaban J connectivity index is 2.48. The molecule has 0 saturated heterocycles. The van der Waals surface area contributed by atoms with Crippen molar-refractivity contribution >= 4 is 54.8 Å². The Morgan fingerprint density at radius 3 is 2.78 bits per heavy atom. The number of hydrogen-bond acceptors (Lipinski definition) is 5. The zero-order valence-electron chi connectivity index (χ0n) is 8.98.